The molecular formula is C12H16ClNO2. The summed E-state index contributed by atoms with van der Waals surface area (Å²) in [6.07, 6.45) is 2.34. The van der Waals surface area contributed by atoms with Crippen molar-refractivity contribution < 1.29 is 9.53 Å². The van der Waals surface area contributed by atoms with Crippen LogP contribution in [0.25, 0.3) is 0 Å². The molecule has 0 aliphatic carbocycles. The summed E-state index contributed by atoms with van der Waals surface area (Å²) >= 11 is 0. The van der Waals surface area contributed by atoms with E-state index in [4.69, 9.17) is 4.74 Å². The fraction of sp³-hybridized carbons (Fsp3) is 0.417. The molecule has 1 aromatic carbocycles. The number of hydrogen-bond donors (Lipinski definition) is 1. The Hall–Kier alpha value is -1.06. The second kappa shape index (κ2) is 5.87. The van der Waals surface area contributed by atoms with Crippen molar-refractivity contribution >= 4 is 18.4 Å². The Morgan fingerprint density at radius 1 is 1.50 bits per heavy atom. The maximum absolute atomic E-state index is 11.3. The molecule has 0 aromatic heterocycles. The van der Waals surface area contributed by atoms with Crippen LogP contribution < -0.4 is 5.32 Å². The van der Waals surface area contributed by atoms with Crippen LogP contribution in [0.5, 0.6) is 0 Å². The van der Waals surface area contributed by atoms with Crippen LogP contribution in [0.2, 0.25) is 0 Å². The quantitative estimate of drug-likeness (QED) is 0.808. The molecule has 1 fully saturated rings. The molecule has 0 amide bonds. The third-order valence-electron chi connectivity index (χ3n) is 2.77. The first-order chi connectivity index (χ1) is 7.31. The lowest BCUT2D eigenvalue weighted by atomic mass is 10.0. The Morgan fingerprint density at radius 3 is 2.94 bits per heavy atom. The lowest BCUT2D eigenvalue weighted by Gasteiger charge is -2.11. The Bertz CT molecular complexity index is 362. The van der Waals surface area contributed by atoms with Crippen LogP contribution in [0, 0.1) is 0 Å². The molecule has 1 aromatic rings. The molecular weight excluding hydrogens is 226 g/mol. The molecule has 2 rings (SSSR count). The van der Waals surface area contributed by atoms with Gasteiger partial charge in [0.2, 0.25) is 0 Å². The van der Waals surface area contributed by atoms with Crippen LogP contribution in [-0.4, -0.2) is 19.6 Å². The topological polar surface area (TPSA) is 38.3 Å². The van der Waals surface area contributed by atoms with Gasteiger partial charge in [0.15, 0.2) is 0 Å². The molecule has 0 saturated carbocycles. The molecule has 1 heterocycles. The minimum absolute atomic E-state index is 0. The molecule has 1 atom stereocenters. The second-order valence-corrected chi connectivity index (χ2v) is 3.77. The van der Waals surface area contributed by atoms with Gasteiger partial charge in [-0.3, -0.25) is 0 Å². The molecule has 1 N–H and O–H groups in total. The molecule has 88 valence electrons. The molecule has 1 aliphatic rings. The van der Waals surface area contributed by atoms with Crippen molar-refractivity contribution in [3.63, 3.8) is 0 Å². The summed E-state index contributed by atoms with van der Waals surface area (Å²) in [6, 6.07) is 8.05. The molecule has 16 heavy (non-hydrogen) atoms. The number of carbonyl (C=O) groups excluding carboxylic acids is 1. The SMILES string of the molecule is COC(=O)c1cccc(C2CCCN2)c1.Cl. The van der Waals surface area contributed by atoms with Gasteiger partial charge < -0.3 is 10.1 Å². The molecule has 3 nitrogen and oxygen atoms in total. The van der Waals surface area contributed by atoms with Gasteiger partial charge in [0, 0.05) is 6.04 Å². The predicted octanol–water partition coefficient (Wildman–Crippen LogP) is 2.32. The van der Waals surface area contributed by atoms with Crippen LogP contribution >= 0.6 is 12.4 Å². The van der Waals surface area contributed by atoms with Crippen LogP contribution in [0.4, 0.5) is 0 Å². The van der Waals surface area contributed by atoms with Gasteiger partial charge in [0.1, 0.15) is 0 Å². The zero-order valence-electron chi connectivity index (χ0n) is 9.23. The predicted molar refractivity (Wildman–Crippen MR) is 65.0 cm³/mol. The van der Waals surface area contributed by atoms with Crippen molar-refractivity contribution in [3.8, 4) is 0 Å². The zero-order chi connectivity index (χ0) is 10.7. The molecule has 0 bridgehead atoms. The third kappa shape index (κ3) is 2.74. The van der Waals surface area contributed by atoms with Gasteiger partial charge in [-0.15, -0.1) is 12.4 Å². The maximum Gasteiger partial charge on any atom is 0.337 e. The van der Waals surface area contributed by atoms with Crippen molar-refractivity contribution in [2.45, 2.75) is 18.9 Å². The minimum atomic E-state index is -0.269. The Morgan fingerprint density at radius 2 is 2.31 bits per heavy atom. The summed E-state index contributed by atoms with van der Waals surface area (Å²) in [5.41, 5.74) is 1.80. The molecule has 1 saturated heterocycles. The van der Waals surface area contributed by atoms with Gasteiger partial charge in [0.25, 0.3) is 0 Å². The summed E-state index contributed by atoms with van der Waals surface area (Å²) in [7, 11) is 1.41. The van der Waals surface area contributed by atoms with E-state index >= 15 is 0 Å². The Kier molecular flexibility index (Phi) is 4.77. The van der Waals surface area contributed by atoms with E-state index in [1.165, 1.54) is 19.1 Å². The first-order valence-corrected chi connectivity index (χ1v) is 5.23. The molecule has 1 unspecified atom stereocenters. The van der Waals surface area contributed by atoms with Crippen LogP contribution in [0.3, 0.4) is 0 Å². The highest BCUT2D eigenvalue weighted by molar-refractivity contribution is 5.89. The maximum atomic E-state index is 11.3. The fourth-order valence-corrected chi connectivity index (χ4v) is 1.97. The van der Waals surface area contributed by atoms with Gasteiger partial charge in [0.05, 0.1) is 12.7 Å². The second-order valence-electron chi connectivity index (χ2n) is 3.77. The number of rotatable bonds is 2. The summed E-state index contributed by atoms with van der Waals surface area (Å²) < 4.78 is 4.69. The summed E-state index contributed by atoms with van der Waals surface area (Å²) in [5, 5.41) is 3.40. The van der Waals surface area contributed by atoms with E-state index in [2.05, 4.69) is 11.4 Å². The van der Waals surface area contributed by atoms with Crippen LogP contribution in [0.1, 0.15) is 34.8 Å². The zero-order valence-corrected chi connectivity index (χ0v) is 10.0. The number of methoxy groups -OCH3 is 1. The van der Waals surface area contributed by atoms with Gasteiger partial charge in [-0.1, -0.05) is 12.1 Å². The number of nitrogens with one attached hydrogen (secondary N) is 1. The molecule has 4 heteroatoms. The molecule has 1 aliphatic heterocycles. The normalized spacial score (nSPS) is 18.9. The minimum Gasteiger partial charge on any atom is -0.465 e. The lowest BCUT2D eigenvalue weighted by Crippen LogP contribution is -2.13. The summed E-state index contributed by atoms with van der Waals surface area (Å²) in [4.78, 5) is 11.3. The Labute approximate surface area is 102 Å². The van der Waals surface area contributed by atoms with Gasteiger partial charge >= 0.3 is 5.97 Å². The number of hydrogen-bond acceptors (Lipinski definition) is 3. The van der Waals surface area contributed by atoms with E-state index in [9.17, 15) is 4.79 Å². The van der Waals surface area contributed by atoms with E-state index in [1.54, 1.807) is 6.07 Å². The van der Waals surface area contributed by atoms with E-state index < -0.39 is 0 Å². The monoisotopic (exact) mass is 241 g/mol. The highest BCUT2D eigenvalue weighted by Gasteiger charge is 2.17. The van der Waals surface area contributed by atoms with E-state index in [1.807, 2.05) is 12.1 Å². The smallest absolute Gasteiger partial charge is 0.337 e. The largest absolute Gasteiger partial charge is 0.465 e. The number of halogens is 1. The van der Waals surface area contributed by atoms with Gasteiger partial charge in [-0.25, -0.2) is 4.79 Å². The average molecular weight is 242 g/mol. The molecule has 0 spiro atoms. The van der Waals surface area contributed by atoms with Gasteiger partial charge in [-0.05, 0) is 37.1 Å². The van der Waals surface area contributed by atoms with E-state index in [0.29, 0.717) is 11.6 Å². The van der Waals surface area contributed by atoms with Crippen LogP contribution in [0.15, 0.2) is 24.3 Å². The number of ether oxygens (including phenoxy) is 1. The van der Waals surface area contributed by atoms with Crippen molar-refractivity contribution in [3.05, 3.63) is 35.4 Å². The van der Waals surface area contributed by atoms with Crippen molar-refractivity contribution in [1.82, 2.24) is 5.32 Å². The first-order valence-electron chi connectivity index (χ1n) is 5.23. The Balaban J connectivity index is 0.00000128. The highest BCUT2D eigenvalue weighted by atomic mass is 35.5. The summed E-state index contributed by atoms with van der Waals surface area (Å²) in [6.45, 7) is 1.06. The summed E-state index contributed by atoms with van der Waals surface area (Å²) in [5.74, 6) is -0.269. The highest BCUT2D eigenvalue weighted by Crippen LogP contribution is 2.23. The van der Waals surface area contributed by atoms with E-state index in [-0.39, 0.29) is 18.4 Å². The number of benzene rings is 1. The van der Waals surface area contributed by atoms with Crippen molar-refractivity contribution in [2.24, 2.45) is 0 Å². The van der Waals surface area contributed by atoms with Gasteiger partial charge in [-0.2, -0.15) is 0 Å². The number of carbonyl (C=O) groups is 1. The fourth-order valence-electron chi connectivity index (χ4n) is 1.97. The van der Waals surface area contributed by atoms with Crippen molar-refractivity contribution in [2.75, 3.05) is 13.7 Å². The third-order valence-corrected chi connectivity index (χ3v) is 2.77. The lowest BCUT2D eigenvalue weighted by molar-refractivity contribution is 0.0600. The average Bonchev–Trinajstić information content (AvgIpc) is 2.82. The van der Waals surface area contributed by atoms with Crippen molar-refractivity contribution in [1.29, 1.82) is 0 Å². The first kappa shape index (κ1) is 13.0. The standard InChI is InChI=1S/C12H15NO2.ClH/c1-15-12(14)10-5-2-4-9(8-10)11-6-3-7-13-11;/h2,4-5,8,11,13H,3,6-7H2,1H3;1H. The number of esters is 1. The van der Waals surface area contributed by atoms with Crippen LogP contribution in [-0.2, 0) is 4.74 Å². The van der Waals surface area contributed by atoms with E-state index in [0.717, 1.165) is 13.0 Å². The molecule has 0 radical (unpaired) electrons.